The summed E-state index contributed by atoms with van der Waals surface area (Å²) < 4.78 is 46.0. The van der Waals surface area contributed by atoms with Gasteiger partial charge in [-0.15, -0.1) is 0 Å². The van der Waals surface area contributed by atoms with Gasteiger partial charge in [0.25, 0.3) is 10.0 Å². The SMILES string of the molecule is N#Cc1ccc(Oc2ccc(S(=O)(=O)Nc3cc(F)ccn3)cc2C#N)cc1Cl. The van der Waals surface area contributed by atoms with E-state index < -0.39 is 15.8 Å². The highest BCUT2D eigenvalue weighted by atomic mass is 35.5. The summed E-state index contributed by atoms with van der Waals surface area (Å²) in [5, 5.41) is 18.5. The van der Waals surface area contributed by atoms with Crippen LogP contribution >= 0.6 is 11.6 Å². The van der Waals surface area contributed by atoms with Crippen LogP contribution in [-0.4, -0.2) is 13.4 Å². The monoisotopic (exact) mass is 428 g/mol. The third kappa shape index (κ3) is 4.61. The van der Waals surface area contributed by atoms with E-state index in [1.807, 2.05) is 12.1 Å². The molecule has 0 spiro atoms. The molecule has 0 aliphatic rings. The van der Waals surface area contributed by atoms with Gasteiger partial charge in [0.05, 0.1) is 21.0 Å². The lowest BCUT2D eigenvalue weighted by Gasteiger charge is -2.11. The first-order valence-electron chi connectivity index (χ1n) is 7.88. The average Bonchev–Trinajstić information content (AvgIpc) is 2.68. The first-order valence-corrected chi connectivity index (χ1v) is 9.74. The Morgan fingerprint density at radius 2 is 1.79 bits per heavy atom. The molecule has 2 aromatic carbocycles. The molecular weight excluding hydrogens is 419 g/mol. The standard InChI is InChI=1S/C19H10ClFN4O3S/c20-17-9-15(2-1-12(17)10-22)28-18-4-3-16(7-13(18)11-23)29(26,27)25-19-8-14(21)5-6-24-19/h1-9H,(H,24,25). The van der Waals surface area contributed by atoms with Crippen LogP contribution in [0.15, 0.2) is 59.6 Å². The predicted octanol–water partition coefficient (Wildman–Crippen LogP) is 4.21. The van der Waals surface area contributed by atoms with E-state index in [1.165, 1.54) is 30.3 Å². The number of ether oxygens (including phenoxy) is 1. The fraction of sp³-hybridized carbons (Fsp3) is 0. The topological polar surface area (TPSA) is 116 Å². The van der Waals surface area contributed by atoms with E-state index >= 15 is 0 Å². The second kappa shape index (κ2) is 8.15. The number of sulfonamides is 1. The Hall–Kier alpha value is -3.66. The molecule has 3 aromatic rings. The minimum atomic E-state index is -4.11. The van der Waals surface area contributed by atoms with E-state index in [-0.39, 0.29) is 38.4 Å². The minimum absolute atomic E-state index is 0.0550. The fourth-order valence-corrected chi connectivity index (χ4v) is 3.52. The molecule has 0 aliphatic heterocycles. The van der Waals surface area contributed by atoms with Crippen LogP contribution in [0.2, 0.25) is 5.02 Å². The van der Waals surface area contributed by atoms with Gasteiger partial charge in [-0.3, -0.25) is 4.72 Å². The highest BCUT2D eigenvalue weighted by molar-refractivity contribution is 7.92. The molecule has 0 saturated heterocycles. The van der Waals surface area contributed by atoms with E-state index in [1.54, 1.807) is 0 Å². The lowest BCUT2D eigenvalue weighted by molar-refractivity contribution is 0.480. The van der Waals surface area contributed by atoms with Gasteiger partial charge in [0.1, 0.15) is 35.3 Å². The van der Waals surface area contributed by atoms with Crippen molar-refractivity contribution in [1.29, 1.82) is 10.5 Å². The molecule has 3 rings (SSSR count). The van der Waals surface area contributed by atoms with Gasteiger partial charge < -0.3 is 4.74 Å². The fourth-order valence-electron chi connectivity index (χ4n) is 2.29. The summed E-state index contributed by atoms with van der Waals surface area (Å²) in [4.78, 5) is 3.50. The molecule has 29 heavy (non-hydrogen) atoms. The number of anilines is 1. The van der Waals surface area contributed by atoms with Crippen LogP contribution in [0.1, 0.15) is 11.1 Å². The quantitative estimate of drug-likeness (QED) is 0.650. The molecular formula is C19H10ClFN4O3S. The number of pyridine rings is 1. The Morgan fingerprint density at radius 1 is 1.03 bits per heavy atom. The zero-order chi connectivity index (χ0) is 21.0. The Bertz CT molecular complexity index is 1280. The zero-order valence-corrected chi connectivity index (χ0v) is 16.0. The van der Waals surface area contributed by atoms with Crippen LogP contribution in [0.4, 0.5) is 10.2 Å². The maximum Gasteiger partial charge on any atom is 0.263 e. The van der Waals surface area contributed by atoms with Gasteiger partial charge in [0.2, 0.25) is 0 Å². The Kier molecular flexibility index (Phi) is 5.64. The van der Waals surface area contributed by atoms with Crippen molar-refractivity contribution < 1.29 is 17.5 Å². The number of nitrogens with zero attached hydrogens (tertiary/aromatic N) is 3. The Labute approximate surface area is 170 Å². The highest BCUT2D eigenvalue weighted by Gasteiger charge is 2.18. The summed E-state index contributed by atoms with van der Waals surface area (Å²) in [7, 11) is -4.11. The van der Waals surface area contributed by atoms with Crippen molar-refractivity contribution in [2.45, 2.75) is 4.90 Å². The third-order valence-corrected chi connectivity index (χ3v) is 5.30. The van der Waals surface area contributed by atoms with E-state index in [4.69, 9.17) is 21.6 Å². The molecule has 0 atom stereocenters. The minimum Gasteiger partial charge on any atom is -0.456 e. The van der Waals surface area contributed by atoms with Crippen molar-refractivity contribution >= 4 is 27.4 Å². The molecule has 0 aliphatic carbocycles. The Morgan fingerprint density at radius 3 is 2.45 bits per heavy atom. The summed E-state index contributed by atoms with van der Waals surface area (Å²) in [5.41, 5.74) is 0.207. The molecule has 10 heteroatoms. The van der Waals surface area contributed by atoms with Crippen LogP contribution in [0.25, 0.3) is 0 Å². The lowest BCUT2D eigenvalue weighted by Crippen LogP contribution is -2.14. The molecule has 0 saturated carbocycles. The van der Waals surface area contributed by atoms with Crippen molar-refractivity contribution in [3.05, 3.63) is 76.7 Å². The largest absolute Gasteiger partial charge is 0.456 e. The van der Waals surface area contributed by atoms with Gasteiger partial charge in [-0.25, -0.2) is 17.8 Å². The molecule has 0 amide bonds. The molecule has 7 nitrogen and oxygen atoms in total. The van der Waals surface area contributed by atoms with Gasteiger partial charge in [-0.1, -0.05) is 11.6 Å². The number of rotatable bonds is 5. The maximum atomic E-state index is 13.2. The van der Waals surface area contributed by atoms with Crippen molar-refractivity contribution in [1.82, 2.24) is 4.98 Å². The lowest BCUT2D eigenvalue weighted by atomic mass is 10.2. The summed E-state index contributed by atoms with van der Waals surface area (Å²) in [6, 6.07) is 13.8. The third-order valence-electron chi connectivity index (χ3n) is 3.63. The maximum absolute atomic E-state index is 13.2. The van der Waals surface area contributed by atoms with Crippen molar-refractivity contribution in [3.63, 3.8) is 0 Å². The highest BCUT2D eigenvalue weighted by Crippen LogP contribution is 2.30. The van der Waals surface area contributed by atoms with E-state index in [2.05, 4.69) is 9.71 Å². The summed E-state index contributed by atoms with van der Waals surface area (Å²) >= 11 is 5.95. The molecule has 0 bridgehead atoms. The number of halogens is 2. The van der Waals surface area contributed by atoms with Crippen LogP contribution in [0.3, 0.4) is 0 Å². The molecule has 0 unspecified atom stereocenters. The van der Waals surface area contributed by atoms with Gasteiger partial charge >= 0.3 is 0 Å². The zero-order valence-electron chi connectivity index (χ0n) is 14.4. The number of nitriles is 2. The predicted molar refractivity (Wildman–Crippen MR) is 102 cm³/mol. The average molecular weight is 429 g/mol. The van der Waals surface area contributed by atoms with Crippen LogP contribution in [-0.2, 0) is 10.0 Å². The first-order chi connectivity index (χ1) is 13.8. The summed E-state index contributed by atoms with van der Waals surface area (Å²) in [6.07, 6.45) is 1.12. The van der Waals surface area contributed by atoms with Gasteiger partial charge in [0.15, 0.2) is 0 Å². The molecule has 1 N–H and O–H groups in total. The Balaban J connectivity index is 1.89. The molecule has 0 radical (unpaired) electrons. The summed E-state index contributed by atoms with van der Waals surface area (Å²) in [5.74, 6) is -0.490. The molecule has 1 aromatic heterocycles. The number of hydrogen-bond donors (Lipinski definition) is 1. The van der Waals surface area contributed by atoms with Gasteiger partial charge in [-0.2, -0.15) is 10.5 Å². The molecule has 144 valence electrons. The first kappa shape index (κ1) is 20.1. The van der Waals surface area contributed by atoms with Crippen molar-refractivity contribution in [2.24, 2.45) is 0 Å². The number of aromatic nitrogens is 1. The molecule has 1 heterocycles. The number of hydrogen-bond acceptors (Lipinski definition) is 6. The van der Waals surface area contributed by atoms with Gasteiger partial charge in [0, 0.05) is 18.3 Å². The second-order valence-electron chi connectivity index (χ2n) is 5.59. The smallest absolute Gasteiger partial charge is 0.263 e. The van der Waals surface area contributed by atoms with E-state index in [0.29, 0.717) is 0 Å². The van der Waals surface area contributed by atoms with Crippen LogP contribution in [0, 0.1) is 28.5 Å². The van der Waals surface area contributed by atoms with Crippen molar-refractivity contribution in [3.8, 4) is 23.6 Å². The van der Waals surface area contributed by atoms with Crippen LogP contribution in [0.5, 0.6) is 11.5 Å². The van der Waals surface area contributed by atoms with Gasteiger partial charge in [-0.05, 0) is 36.4 Å². The van der Waals surface area contributed by atoms with Crippen molar-refractivity contribution in [2.75, 3.05) is 4.72 Å². The normalized spacial score (nSPS) is 10.6. The number of benzene rings is 2. The van der Waals surface area contributed by atoms with E-state index in [0.717, 1.165) is 24.4 Å². The van der Waals surface area contributed by atoms with Crippen LogP contribution < -0.4 is 9.46 Å². The molecule has 0 fully saturated rings. The summed E-state index contributed by atoms with van der Waals surface area (Å²) in [6.45, 7) is 0. The van der Waals surface area contributed by atoms with E-state index in [9.17, 15) is 18.1 Å². The second-order valence-corrected chi connectivity index (χ2v) is 7.68. The number of nitrogens with one attached hydrogen (secondary N) is 1.